The van der Waals surface area contributed by atoms with Crippen molar-refractivity contribution in [1.29, 1.82) is 0 Å². The van der Waals surface area contributed by atoms with Crippen molar-refractivity contribution in [1.82, 2.24) is 19.3 Å². The SMILES string of the molecule is Cc1c(NC(=O)CSc2ncnc3sccc23)c(=O)n(-c2ccccc2)n1C. The molecule has 0 atom stereocenters. The Hall–Kier alpha value is -2.91. The van der Waals surface area contributed by atoms with Crippen LogP contribution in [0.25, 0.3) is 15.9 Å². The smallest absolute Gasteiger partial charge is 0.295 e. The first-order valence-corrected chi connectivity index (χ1v) is 10.4. The second-order valence-corrected chi connectivity index (χ2v) is 7.95. The third-order valence-corrected chi connectivity index (χ3v) is 6.21. The average molecular weight is 412 g/mol. The molecule has 142 valence electrons. The zero-order valence-electron chi connectivity index (χ0n) is 15.2. The lowest BCUT2D eigenvalue weighted by Crippen LogP contribution is -2.23. The fourth-order valence-electron chi connectivity index (χ4n) is 2.90. The van der Waals surface area contributed by atoms with Crippen molar-refractivity contribution < 1.29 is 4.79 Å². The van der Waals surface area contributed by atoms with Crippen molar-refractivity contribution in [3.63, 3.8) is 0 Å². The van der Waals surface area contributed by atoms with Crippen molar-refractivity contribution in [2.45, 2.75) is 11.9 Å². The molecule has 0 aliphatic heterocycles. The third-order valence-electron chi connectivity index (χ3n) is 4.38. The summed E-state index contributed by atoms with van der Waals surface area (Å²) in [6.07, 6.45) is 1.50. The number of carbonyl (C=O) groups is 1. The van der Waals surface area contributed by atoms with E-state index in [0.717, 1.165) is 20.9 Å². The minimum Gasteiger partial charge on any atom is -0.319 e. The number of thioether (sulfide) groups is 1. The highest BCUT2D eigenvalue weighted by Crippen LogP contribution is 2.27. The van der Waals surface area contributed by atoms with Crippen LogP contribution in [-0.2, 0) is 11.8 Å². The second kappa shape index (κ2) is 7.61. The number of hydrogen-bond acceptors (Lipinski definition) is 6. The van der Waals surface area contributed by atoms with Crippen molar-refractivity contribution in [3.05, 3.63) is 64.2 Å². The molecule has 0 unspecified atom stereocenters. The zero-order chi connectivity index (χ0) is 19.7. The summed E-state index contributed by atoms with van der Waals surface area (Å²) in [7, 11) is 1.79. The van der Waals surface area contributed by atoms with Gasteiger partial charge in [-0.3, -0.25) is 14.3 Å². The molecule has 0 radical (unpaired) electrons. The van der Waals surface area contributed by atoms with E-state index in [-0.39, 0.29) is 17.2 Å². The number of hydrogen-bond donors (Lipinski definition) is 1. The van der Waals surface area contributed by atoms with E-state index >= 15 is 0 Å². The van der Waals surface area contributed by atoms with Crippen LogP contribution in [0.3, 0.4) is 0 Å². The van der Waals surface area contributed by atoms with E-state index in [1.165, 1.54) is 34.1 Å². The molecule has 7 nitrogen and oxygen atoms in total. The lowest BCUT2D eigenvalue weighted by Gasteiger charge is -2.07. The van der Waals surface area contributed by atoms with Gasteiger partial charge in [0.25, 0.3) is 5.56 Å². The van der Waals surface area contributed by atoms with Crippen molar-refractivity contribution in [2.24, 2.45) is 7.05 Å². The quantitative estimate of drug-likeness (QED) is 0.403. The van der Waals surface area contributed by atoms with Gasteiger partial charge in [0.05, 0.1) is 17.1 Å². The fourth-order valence-corrected chi connectivity index (χ4v) is 4.48. The maximum atomic E-state index is 12.9. The van der Waals surface area contributed by atoms with E-state index in [1.807, 2.05) is 48.7 Å². The molecule has 0 bridgehead atoms. The molecule has 0 saturated carbocycles. The first-order chi connectivity index (χ1) is 13.6. The number of nitrogens with zero attached hydrogens (tertiary/aromatic N) is 4. The Labute approximate surface area is 169 Å². The lowest BCUT2D eigenvalue weighted by molar-refractivity contribution is -0.113. The average Bonchev–Trinajstić information content (AvgIpc) is 3.27. The van der Waals surface area contributed by atoms with Crippen LogP contribution in [0, 0.1) is 6.92 Å². The van der Waals surface area contributed by atoms with Crippen LogP contribution >= 0.6 is 23.1 Å². The summed E-state index contributed by atoms with van der Waals surface area (Å²) in [5.74, 6) is -0.0980. The third kappa shape index (κ3) is 3.34. The molecule has 1 aromatic carbocycles. The molecule has 4 rings (SSSR count). The summed E-state index contributed by atoms with van der Waals surface area (Å²) in [6.45, 7) is 1.81. The molecule has 0 aliphatic carbocycles. The molecule has 0 spiro atoms. The lowest BCUT2D eigenvalue weighted by atomic mass is 10.3. The summed E-state index contributed by atoms with van der Waals surface area (Å²) < 4.78 is 3.27. The fraction of sp³-hybridized carbons (Fsp3) is 0.158. The van der Waals surface area contributed by atoms with E-state index in [0.29, 0.717) is 11.4 Å². The van der Waals surface area contributed by atoms with Gasteiger partial charge >= 0.3 is 0 Å². The maximum Gasteiger partial charge on any atom is 0.295 e. The van der Waals surface area contributed by atoms with Gasteiger partial charge in [-0.1, -0.05) is 30.0 Å². The van der Waals surface area contributed by atoms with Gasteiger partial charge in [0, 0.05) is 12.4 Å². The van der Waals surface area contributed by atoms with Gasteiger partial charge in [0.2, 0.25) is 5.91 Å². The highest BCUT2D eigenvalue weighted by molar-refractivity contribution is 8.00. The van der Waals surface area contributed by atoms with Crippen LogP contribution in [0.4, 0.5) is 5.69 Å². The van der Waals surface area contributed by atoms with Gasteiger partial charge in [-0.15, -0.1) is 11.3 Å². The largest absolute Gasteiger partial charge is 0.319 e. The van der Waals surface area contributed by atoms with E-state index in [4.69, 9.17) is 0 Å². The minimum atomic E-state index is -0.258. The molecule has 9 heteroatoms. The van der Waals surface area contributed by atoms with Crippen molar-refractivity contribution in [2.75, 3.05) is 11.1 Å². The molecule has 0 fully saturated rings. The Bertz CT molecular complexity index is 1210. The maximum absolute atomic E-state index is 12.9. The van der Waals surface area contributed by atoms with Gasteiger partial charge in [0.1, 0.15) is 21.9 Å². The van der Waals surface area contributed by atoms with Crippen LogP contribution in [0.15, 0.2) is 57.9 Å². The number of thiophene rings is 1. The Balaban J connectivity index is 1.54. The topological polar surface area (TPSA) is 81.8 Å². The number of para-hydroxylation sites is 1. The van der Waals surface area contributed by atoms with Gasteiger partial charge in [-0.2, -0.15) is 0 Å². The monoisotopic (exact) mass is 411 g/mol. The Morgan fingerprint density at radius 3 is 2.79 bits per heavy atom. The summed E-state index contributed by atoms with van der Waals surface area (Å²) in [4.78, 5) is 34.7. The summed E-state index contributed by atoms with van der Waals surface area (Å²) >= 11 is 2.86. The predicted molar refractivity (Wildman–Crippen MR) is 113 cm³/mol. The molecule has 1 N–H and O–H groups in total. The summed E-state index contributed by atoms with van der Waals surface area (Å²) in [5, 5.41) is 6.41. The minimum absolute atomic E-state index is 0.154. The van der Waals surface area contributed by atoms with E-state index in [9.17, 15) is 9.59 Å². The number of anilines is 1. The van der Waals surface area contributed by atoms with Gasteiger partial charge in [-0.05, 0) is 30.5 Å². The molecule has 0 aliphatic rings. The summed E-state index contributed by atoms with van der Waals surface area (Å²) in [5.41, 5.74) is 1.47. The van der Waals surface area contributed by atoms with Crippen molar-refractivity contribution in [3.8, 4) is 5.69 Å². The van der Waals surface area contributed by atoms with Gasteiger partial charge in [-0.25, -0.2) is 14.6 Å². The van der Waals surface area contributed by atoms with Gasteiger partial charge < -0.3 is 5.32 Å². The van der Waals surface area contributed by atoms with Crippen LogP contribution < -0.4 is 10.9 Å². The highest BCUT2D eigenvalue weighted by Gasteiger charge is 2.18. The van der Waals surface area contributed by atoms with E-state index < -0.39 is 0 Å². The number of nitrogens with one attached hydrogen (secondary N) is 1. The number of benzene rings is 1. The van der Waals surface area contributed by atoms with Gasteiger partial charge in [0.15, 0.2) is 0 Å². The number of amides is 1. The molecular formula is C19H17N5O2S2. The van der Waals surface area contributed by atoms with Crippen LogP contribution in [0.1, 0.15) is 5.69 Å². The highest BCUT2D eigenvalue weighted by atomic mass is 32.2. The van der Waals surface area contributed by atoms with Crippen LogP contribution in [0.5, 0.6) is 0 Å². The Morgan fingerprint density at radius 2 is 2.00 bits per heavy atom. The molecular weight excluding hydrogens is 394 g/mol. The number of fused-ring (bicyclic) bond motifs is 1. The Morgan fingerprint density at radius 1 is 1.21 bits per heavy atom. The molecule has 4 aromatic rings. The number of aromatic nitrogens is 4. The number of rotatable bonds is 5. The van der Waals surface area contributed by atoms with Crippen LogP contribution in [-0.4, -0.2) is 31.0 Å². The first-order valence-electron chi connectivity index (χ1n) is 8.51. The number of carbonyl (C=O) groups excluding carboxylic acids is 1. The van der Waals surface area contributed by atoms with E-state index in [1.54, 1.807) is 11.7 Å². The molecule has 28 heavy (non-hydrogen) atoms. The molecule has 0 saturated heterocycles. The normalized spacial score (nSPS) is 11.1. The van der Waals surface area contributed by atoms with E-state index in [2.05, 4.69) is 15.3 Å². The molecule has 3 aromatic heterocycles. The Kier molecular flexibility index (Phi) is 5.01. The van der Waals surface area contributed by atoms with Crippen molar-refractivity contribution >= 4 is 44.9 Å². The molecule has 1 amide bonds. The zero-order valence-corrected chi connectivity index (χ0v) is 16.9. The van der Waals surface area contributed by atoms with Crippen LogP contribution in [0.2, 0.25) is 0 Å². The second-order valence-electron chi connectivity index (χ2n) is 6.09. The summed E-state index contributed by atoms with van der Waals surface area (Å²) in [6, 6.07) is 11.3. The molecule has 3 heterocycles. The first kappa shape index (κ1) is 18.5. The predicted octanol–water partition coefficient (Wildman–Crippen LogP) is 3.22. The standard InChI is InChI=1S/C19H17N5O2S2/c1-12-16(19(26)24(23(12)2)13-6-4-3-5-7-13)22-15(25)10-28-18-14-8-9-27-17(14)20-11-21-18/h3-9,11H,10H2,1-2H3,(H,22,25).